The first kappa shape index (κ1) is 14.8. The van der Waals surface area contributed by atoms with Crippen LogP contribution >= 0.6 is 0 Å². The van der Waals surface area contributed by atoms with E-state index in [1.165, 1.54) is 0 Å². The minimum absolute atomic E-state index is 0.192. The summed E-state index contributed by atoms with van der Waals surface area (Å²) in [5.41, 5.74) is 0.192. The second kappa shape index (κ2) is 5.41. The molecule has 1 N–H and O–H groups in total. The van der Waals surface area contributed by atoms with Crippen LogP contribution in [0.2, 0.25) is 0 Å². The maximum atomic E-state index is 12.5. The predicted octanol–water partition coefficient (Wildman–Crippen LogP) is 2.66. The van der Waals surface area contributed by atoms with Gasteiger partial charge in [0.05, 0.1) is 10.2 Å². The van der Waals surface area contributed by atoms with Crippen LogP contribution in [0.3, 0.4) is 0 Å². The van der Waals surface area contributed by atoms with Crippen molar-refractivity contribution in [3.05, 3.63) is 23.1 Å². The van der Waals surface area contributed by atoms with Crippen LogP contribution in [0.15, 0.2) is 23.1 Å². The predicted molar refractivity (Wildman–Crippen MR) is 79.6 cm³/mol. The van der Waals surface area contributed by atoms with E-state index in [-0.39, 0.29) is 10.7 Å². The Kier molecular flexibility index (Phi) is 4.21. The summed E-state index contributed by atoms with van der Waals surface area (Å²) in [7, 11) is -3.12. The molecule has 1 atom stereocenters. The van der Waals surface area contributed by atoms with Crippen molar-refractivity contribution in [2.75, 3.05) is 13.1 Å². The summed E-state index contributed by atoms with van der Waals surface area (Å²) in [5, 5.41) is 3.02. The topological polar surface area (TPSA) is 46.2 Å². The van der Waals surface area contributed by atoms with Crippen molar-refractivity contribution in [1.29, 1.82) is 0 Å². The number of nitrogens with one attached hydrogen (secondary N) is 1. The van der Waals surface area contributed by atoms with Gasteiger partial charge in [0.25, 0.3) is 0 Å². The third-order valence-electron chi connectivity index (χ3n) is 4.23. The van der Waals surface area contributed by atoms with Crippen molar-refractivity contribution in [3.63, 3.8) is 0 Å². The van der Waals surface area contributed by atoms with E-state index in [9.17, 15) is 8.42 Å². The first-order chi connectivity index (χ1) is 8.82. The van der Waals surface area contributed by atoms with Crippen molar-refractivity contribution in [2.45, 2.75) is 45.3 Å². The molecule has 1 aliphatic carbocycles. The Morgan fingerprint density at radius 2 is 1.84 bits per heavy atom. The molecule has 1 saturated heterocycles. The van der Waals surface area contributed by atoms with Gasteiger partial charge >= 0.3 is 0 Å². The second-order valence-corrected chi connectivity index (χ2v) is 8.90. The van der Waals surface area contributed by atoms with E-state index in [1.54, 1.807) is 0 Å². The molecule has 0 aromatic heterocycles. The molecule has 1 aliphatic heterocycles. The van der Waals surface area contributed by atoms with E-state index in [0.29, 0.717) is 10.8 Å². The number of hydrogen-bond donors (Lipinski definition) is 1. The van der Waals surface area contributed by atoms with Gasteiger partial charge in [-0.2, -0.15) is 0 Å². The lowest BCUT2D eigenvalue weighted by molar-refractivity contribution is 0.293. The van der Waals surface area contributed by atoms with Crippen LogP contribution < -0.4 is 5.32 Å². The minimum Gasteiger partial charge on any atom is -0.317 e. The van der Waals surface area contributed by atoms with Gasteiger partial charge < -0.3 is 5.32 Å². The lowest BCUT2D eigenvalue weighted by Gasteiger charge is -2.30. The largest absolute Gasteiger partial charge is 0.317 e. The van der Waals surface area contributed by atoms with Crippen molar-refractivity contribution in [2.24, 2.45) is 11.3 Å². The molecule has 3 nitrogen and oxygen atoms in total. The van der Waals surface area contributed by atoms with Crippen molar-refractivity contribution < 1.29 is 8.42 Å². The summed E-state index contributed by atoms with van der Waals surface area (Å²) in [5.74, 6) is 0.430. The van der Waals surface area contributed by atoms with Gasteiger partial charge in [-0.05, 0) is 49.8 Å². The molecule has 2 rings (SSSR count). The molecular formula is C15H25NO2S. The molecule has 1 fully saturated rings. The number of rotatable bonds is 2. The van der Waals surface area contributed by atoms with Crippen LogP contribution in [-0.2, 0) is 9.84 Å². The summed E-state index contributed by atoms with van der Waals surface area (Å²) in [6.07, 6.45) is 8.13. The van der Waals surface area contributed by atoms with Crippen LogP contribution in [0.5, 0.6) is 0 Å². The molecule has 1 heterocycles. The Balaban J connectivity index is 2.11. The zero-order chi connectivity index (χ0) is 14.1. The van der Waals surface area contributed by atoms with Gasteiger partial charge in [-0.15, -0.1) is 0 Å². The van der Waals surface area contributed by atoms with Gasteiger partial charge in [0.15, 0.2) is 9.84 Å². The van der Waals surface area contributed by atoms with E-state index in [4.69, 9.17) is 0 Å². The fraction of sp³-hybridized carbons (Fsp3) is 0.733. The summed E-state index contributed by atoms with van der Waals surface area (Å²) in [6.45, 7) is 8.21. The van der Waals surface area contributed by atoms with Gasteiger partial charge in [-0.1, -0.05) is 32.9 Å². The molecule has 1 unspecified atom stereocenters. The normalized spacial score (nSPS) is 26.3. The molecular weight excluding hydrogens is 258 g/mol. The fourth-order valence-corrected chi connectivity index (χ4v) is 4.59. The summed E-state index contributed by atoms with van der Waals surface area (Å²) < 4.78 is 25.1. The molecule has 0 saturated carbocycles. The highest BCUT2D eigenvalue weighted by Crippen LogP contribution is 2.35. The first-order valence-electron chi connectivity index (χ1n) is 7.15. The Labute approximate surface area is 117 Å². The highest BCUT2D eigenvalue weighted by molar-refractivity contribution is 7.96. The number of piperidine rings is 1. The summed E-state index contributed by atoms with van der Waals surface area (Å²) in [6, 6.07) is 0. The maximum Gasteiger partial charge on any atom is 0.180 e. The van der Waals surface area contributed by atoms with Crippen LogP contribution in [0.4, 0.5) is 0 Å². The van der Waals surface area contributed by atoms with Gasteiger partial charge in [0, 0.05) is 0 Å². The van der Waals surface area contributed by atoms with Crippen molar-refractivity contribution >= 4 is 9.84 Å². The third kappa shape index (κ3) is 3.29. The van der Waals surface area contributed by atoms with E-state index in [0.717, 1.165) is 32.4 Å². The van der Waals surface area contributed by atoms with Crippen LogP contribution in [0, 0.1) is 11.3 Å². The van der Waals surface area contributed by atoms with E-state index in [2.05, 4.69) is 32.2 Å². The number of allylic oxidation sites excluding steroid dienone is 3. The maximum absolute atomic E-state index is 12.5. The lowest BCUT2D eigenvalue weighted by atomic mass is 9.77. The van der Waals surface area contributed by atoms with Crippen LogP contribution in [0.1, 0.15) is 40.0 Å². The fourth-order valence-electron chi connectivity index (χ4n) is 2.75. The molecule has 0 bridgehead atoms. The van der Waals surface area contributed by atoms with Gasteiger partial charge in [-0.3, -0.25) is 0 Å². The Bertz CT molecular complexity index is 477. The average molecular weight is 283 g/mol. The monoisotopic (exact) mass is 283 g/mol. The molecule has 108 valence electrons. The number of sulfone groups is 1. The van der Waals surface area contributed by atoms with E-state index >= 15 is 0 Å². The van der Waals surface area contributed by atoms with Crippen molar-refractivity contribution in [1.82, 2.24) is 5.32 Å². The quantitative estimate of drug-likeness (QED) is 0.847. The van der Waals surface area contributed by atoms with Crippen molar-refractivity contribution in [3.8, 4) is 0 Å². The lowest BCUT2D eigenvalue weighted by Crippen LogP contribution is -2.36. The average Bonchev–Trinajstić information content (AvgIpc) is 2.39. The smallest absolute Gasteiger partial charge is 0.180 e. The highest BCUT2D eigenvalue weighted by atomic mass is 32.2. The molecule has 0 radical (unpaired) electrons. The molecule has 0 aromatic carbocycles. The second-order valence-electron chi connectivity index (χ2n) is 6.67. The zero-order valence-electron chi connectivity index (χ0n) is 12.1. The molecule has 4 heteroatoms. The standard InChI is InChI=1S/C15H25NO2S/c1-15(2,3)12-4-6-13(7-5-12)19(17,18)14-8-10-16-11-9-14/h4,6-7,12,14,16H,5,8-11H2,1-3H3. The van der Waals surface area contributed by atoms with Gasteiger partial charge in [0.2, 0.25) is 0 Å². The van der Waals surface area contributed by atoms with Crippen LogP contribution in [0.25, 0.3) is 0 Å². The first-order valence-corrected chi connectivity index (χ1v) is 8.69. The van der Waals surface area contributed by atoms with E-state index < -0.39 is 9.84 Å². The summed E-state index contributed by atoms with van der Waals surface area (Å²) >= 11 is 0. The highest BCUT2D eigenvalue weighted by Gasteiger charge is 2.32. The molecule has 0 amide bonds. The zero-order valence-corrected chi connectivity index (χ0v) is 13.0. The Morgan fingerprint density at radius 1 is 1.21 bits per heavy atom. The molecule has 0 spiro atoms. The minimum atomic E-state index is -3.12. The number of hydrogen-bond acceptors (Lipinski definition) is 3. The Morgan fingerprint density at radius 3 is 2.32 bits per heavy atom. The third-order valence-corrected chi connectivity index (χ3v) is 6.54. The summed E-state index contributed by atoms with van der Waals surface area (Å²) in [4.78, 5) is 0.542. The Hall–Kier alpha value is -0.610. The van der Waals surface area contributed by atoms with E-state index in [1.807, 2.05) is 12.2 Å². The molecule has 0 aromatic rings. The van der Waals surface area contributed by atoms with Gasteiger partial charge in [-0.25, -0.2) is 8.42 Å². The molecule has 19 heavy (non-hydrogen) atoms. The molecule has 2 aliphatic rings. The van der Waals surface area contributed by atoms with Gasteiger partial charge in [0.1, 0.15) is 0 Å². The van der Waals surface area contributed by atoms with Crippen LogP contribution in [-0.4, -0.2) is 26.8 Å². The SMILES string of the molecule is CC(C)(C)C1C=CC(S(=O)(=O)C2CCNCC2)=CC1.